The smallest absolute Gasteiger partial charge is 0.358 e. The number of amides is 1. The van der Waals surface area contributed by atoms with Gasteiger partial charge in [0.25, 0.3) is 5.91 Å². The molecule has 132 valence electrons. The number of hydrogen-bond donors (Lipinski definition) is 0. The third-order valence-electron chi connectivity index (χ3n) is 4.25. The van der Waals surface area contributed by atoms with E-state index in [-0.39, 0.29) is 30.1 Å². The van der Waals surface area contributed by atoms with Gasteiger partial charge in [-0.15, -0.1) is 11.3 Å². The molecule has 25 heavy (non-hydrogen) atoms. The normalized spacial score (nSPS) is 17.4. The van der Waals surface area contributed by atoms with Crippen molar-refractivity contribution in [3.05, 3.63) is 41.2 Å². The van der Waals surface area contributed by atoms with Gasteiger partial charge in [-0.3, -0.25) is 4.79 Å². The maximum absolute atomic E-state index is 13.0. The lowest BCUT2D eigenvalue weighted by Gasteiger charge is -2.33. The number of benzene rings is 1. The van der Waals surface area contributed by atoms with Gasteiger partial charge in [0, 0.05) is 23.5 Å². The zero-order valence-corrected chi connectivity index (χ0v) is 14.7. The standard InChI is InChI=1S/C18H19FN2O3S/c1-12-4-2-3-9-21(12)16(22)10-24-18(23)15-11-25-17(20-15)13-5-7-14(19)8-6-13/h5-8,11-12H,2-4,9-10H2,1H3/t12-/m0/s1. The number of rotatable bonds is 4. The summed E-state index contributed by atoms with van der Waals surface area (Å²) in [5.74, 6) is -1.12. The Labute approximate surface area is 149 Å². The molecule has 1 aliphatic heterocycles. The molecule has 1 aromatic heterocycles. The molecule has 0 aliphatic carbocycles. The Morgan fingerprint density at radius 1 is 1.32 bits per heavy atom. The molecule has 1 saturated heterocycles. The van der Waals surface area contributed by atoms with Crippen LogP contribution in [0, 0.1) is 5.82 Å². The number of carbonyl (C=O) groups is 2. The first kappa shape index (κ1) is 17.5. The molecule has 2 heterocycles. The number of ether oxygens (including phenoxy) is 1. The number of halogens is 1. The van der Waals surface area contributed by atoms with Gasteiger partial charge in [0.05, 0.1) is 0 Å². The van der Waals surface area contributed by atoms with Gasteiger partial charge in [-0.25, -0.2) is 14.2 Å². The fraction of sp³-hybridized carbons (Fsp3) is 0.389. The fourth-order valence-corrected chi connectivity index (χ4v) is 3.64. The van der Waals surface area contributed by atoms with Crippen LogP contribution in [0.15, 0.2) is 29.6 Å². The molecule has 0 N–H and O–H groups in total. The first-order chi connectivity index (χ1) is 12.0. The van der Waals surface area contributed by atoms with Crippen LogP contribution < -0.4 is 0 Å². The number of hydrogen-bond acceptors (Lipinski definition) is 5. The Morgan fingerprint density at radius 3 is 2.80 bits per heavy atom. The lowest BCUT2D eigenvalue weighted by molar-refractivity contribution is -0.137. The quantitative estimate of drug-likeness (QED) is 0.781. The second-order valence-corrected chi connectivity index (χ2v) is 6.91. The lowest BCUT2D eigenvalue weighted by atomic mass is 10.0. The van der Waals surface area contributed by atoms with E-state index in [0.29, 0.717) is 11.6 Å². The summed E-state index contributed by atoms with van der Waals surface area (Å²) in [5, 5.41) is 2.18. The topological polar surface area (TPSA) is 59.5 Å². The van der Waals surface area contributed by atoms with Crippen molar-refractivity contribution >= 4 is 23.2 Å². The summed E-state index contributed by atoms with van der Waals surface area (Å²) in [7, 11) is 0. The van der Waals surface area contributed by atoms with Crippen molar-refractivity contribution < 1.29 is 18.7 Å². The molecule has 0 bridgehead atoms. The van der Waals surface area contributed by atoms with Gasteiger partial charge in [0.2, 0.25) is 0 Å². The lowest BCUT2D eigenvalue weighted by Crippen LogP contribution is -2.44. The van der Waals surface area contributed by atoms with Gasteiger partial charge in [-0.1, -0.05) is 0 Å². The van der Waals surface area contributed by atoms with Gasteiger partial charge in [-0.05, 0) is 50.5 Å². The van der Waals surface area contributed by atoms with E-state index in [9.17, 15) is 14.0 Å². The van der Waals surface area contributed by atoms with Crippen molar-refractivity contribution in [3.8, 4) is 10.6 Å². The van der Waals surface area contributed by atoms with Crippen LogP contribution in [0.3, 0.4) is 0 Å². The number of likely N-dealkylation sites (tertiary alicyclic amines) is 1. The summed E-state index contributed by atoms with van der Waals surface area (Å²) < 4.78 is 18.1. The second-order valence-electron chi connectivity index (χ2n) is 6.05. The van der Waals surface area contributed by atoms with E-state index in [1.54, 1.807) is 22.4 Å². The molecule has 1 aromatic carbocycles. The highest BCUT2D eigenvalue weighted by molar-refractivity contribution is 7.13. The molecule has 0 spiro atoms. The summed E-state index contributed by atoms with van der Waals surface area (Å²) in [4.78, 5) is 30.3. The Kier molecular flexibility index (Phi) is 5.43. The van der Waals surface area contributed by atoms with E-state index in [0.717, 1.165) is 24.8 Å². The average molecular weight is 362 g/mol. The molecule has 1 atom stereocenters. The molecule has 3 rings (SSSR count). The summed E-state index contributed by atoms with van der Waals surface area (Å²) in [6.07, 6.45) is 3.08. The number of aromatic nitrogens is 1. The van der Waals surface area contributed by atoms with Gasteiger partial charge in [0.1, 0.15) is 10.8 Å². The Morgan fingerprint density at radius 2 is 2.08 bits per heavy atom. The number of thiazole rings is 1. The molecule has 0 saturated carbocycles. The SMILES string of the molecule is C[C@H]1CCCCN1C(=O)COC(=O)c1csc(-c2ccc(F)cc2)n1. The summed E-state index contributed by atoms with van der Waals surface area (Å²) in [6.45, 7) is 2.45. The van der Waals surface area contributed by atoms with Crippen molar-refractivity contribution in [1.29, 1.82) is 0 Å². The van der Waals surface area contributed by atoms with Gasteiger partial charge < -0.3 is 9.64 Å². The fourth-order valence-electron chi connectivity index (χ4n) is 2.85. The monoisotopic (exact) mass is 362 g/mol. The van der Waals surface area contributed by atoms with Gasteiger partial charge >= 0.3 is 5.97 Å². The highest BCUT2D eigenvalue weighted by atomic mass is 32.1. The van der Waals surface area contributed by atoms with Crippen molar-refractivity contribution in [2.45, 2.75) is 32.2 Å². The van der Waals surface area contributed by atoms with Gasteiger partial charge in [-0.2, -0.15) is 0 Å². The Hall–Kier alpha value is -2.28. The number of nitrogens with zero attached hydrogens (tertiary/aromatic N) is 2. The van der Waals surface area contributed by atoms with Crippen LogP contribution >= 0.6 is 11.3 Å². The molecule has 1 fully saturated rings. The maximum atomic E-state index is 13.0. The van der Waals surface area contributed by atoms with Crippen molar-refractivity contribution in [3.63, 3.8) is 0 Å². The third-order valence-corrected chi connectivity index (χ3v) is 5.15. The highest BCUT2D eigenvalue weighted by Gasteiger charge is 2.24. The van der Waals surface area contributed by atoms with Crippen LogP contribution in [0.2, 0.25) is 0 Å². The molecule has 1 amide bonds. The van der Waals surface area contributed by atoms with E-state index in [1.807, 2.05) is 6.92 Å². The van der Waals surface area contributed by atoms with E-state index >= 15 is 0 Å². The van der Waals surface area contributed by atoms with Crippen LogP contribution in [0.4, 0.5) is 4.39 Å². The zero-order chi connectivity index (χ0) is 17.8. The predicted molar refractivity (Wildman–Crippen MR) is 92.8 cm³/mol. The van der Waals surface area contributed by atoms with Crippen LogP contribution in [-0.4, -0.2) is 41.0 Å². The maximum Gasteiger partial charge on any atom is 0.358 e. The largest absolute Gasteiger partial charge is 0.451 e. The van der Waals surface area contributed by atoms with Gasteiger partial charge in [0.15, 0.2) is 12.3 Å². The summed E-state index contributed by atoms with van der Waals surface area (Å²) in [5.41, 5.74) is 0.882. The molecule has 0 radical (unpaired) electrons. The number of carbonyl (C=O) groups excluding carboxylic acids is 2. The van der Waals surface area contributed by atoms with Crippen LogP contribution in [0.25, 0.3) is 10.6 Å². The predicted octanol–water partition coefficient (Wildman–Crippen LogP) is 3.51. The Bertz CT molecular complexity index is 760. The minimum absolute atomic E-state index is 0.156. The van der Waals surface area contributed by atoms with E-state index < -0.39 is 5.97 Å². The van der Waals surface area contributed by atoms with E-state index in [4.69, 9.17) is 4.74 Å². The summed E-state index contributed by atoms with van der Waals surface area (Å²) in [6, 6.07) is 6.07. The molecule has 1 aliphatic rings. The molecular weight excluding hydrogens is 343 g/mol. The zero-order valence-electron chi connectivity index (χ0n) is 13.9. The number of esters is 1. The van der Waals surface area contributed by atoms with Crippen LogP contribution in [0.5, 0.6) is 0 Å². The average Bonchev–Trinajstić information content (AvgIpc) is 3.10. The second kappa shape index (κ2) is 7.74. The molecular formula is C18H19FN2O3S. The Balaban J connectivity index is 1.58. The van der Waals surface area contributed by atoms with Crippen LogP contribution in [-0.2, 0) is 9.53 Å². The van der Waals surface area contributed by atoms with Crippen molar-refractivity contribution in [2.75, 3.05) is 13.2 Å². The first-order valence-corrected chi connectivity index (χ1v) is 9.10. The molecule has 7 heteroatoms. The minimum atomic E-state index is -0.623. The molecule has 0 unspecified atom stereocenters. The summed E-state index contributed by atoms with van der Waals surface area (Å²) >= 11 is 1.27. The van der Waals surface area contributed by atoms with Crippen molar-refractivity contribution in [1.82, 2.24) is 9.88 Å². The third kappa shape index (κ3) is 4.22. The van der Waals surface area contributed by atoms with Crippen LogP contribution in [0.1, 0.15) is 36.7 Å². The van der Waals surface area contributed by atoms with E-state index in [2.05, 4.69) is 4.98 Å². The van der Waals surface area contributed by atoms with Crippen molar-refractivity contribution in [2.24, 2.45) is 0 Å². The molecule has 2 aromatic rings. The number of piperidine rings is 1. The first-order valence-electron chi connectivity index (χ1n) is 8.22. The van der Waals surface area contributed by atoms with E-state index in [1.165, 1.54) is 23.5 Å². The molecule has 5 nitrogen and oxygen atoms in total. The minimum Gasteiger partial charge on any atom is -0.451 e. The highest BCUT2D eigenvalue weighted by Crippen LogP contribution is 2.24.